The maximum Gasteiger partial charge on any atom is 0.292 e. The number of nitrogen functional groups attached to an aromatic ring is 1. The minimum Gasteiger partial charge on any atom is -0.393 e. The third-order valence-electron chi connectivity index (χ3n) is 2.67. The molecule has 6 nitrogen and oxygen atoms in total. The number of rotatable bonds is 3. The van der Waals surface area contributed by atoms with Crippen molar-refractivity contribution in [1.29, 1.82) is 0 Å². The van der Waals surface area contributed by atoms with E-state index in [1.165, 1.54) is 12.1 Å². The molecule has 0 saturated carbocycles. The van der Waals surface area contributed by atoms with Crippen molar-refractivity contribution >= 4 is 23.0 Å². The van der Waals surface area contributed by atoms with Gasteiger partial charge < -0.3 is 5.73 Å². The molecule has 0 aliphatic rings. The first kappa shape index (κ1) is 12.4. The van der Waals surface area contributed by atoms with Gasteiger partial charge in [-0.1, -0.05) is 17.7 Å². The van der Waals surface area contributed by atoms with Crippen molar-refractivity contribution in [1.82, 2.24) is 9.78 Å². The lowest BCUT2D eigenvalue weighted by molar-refractivity contribution is -0.384. The molecule has 0 bridgehead atoms. The van der Waals surface area contributed by atoms with Crippen LogP contribution in [0.2, 0.25) is 5.02 Å². The molecule has 0 aliphatic heterocycles. The number of nitro benzene ring substituents is 1. The molecule has 1 aromatic heterocycles. The highest BCUT2D eigenvalue weighted by molar-refractivity contribution is 6.31. The van der Waals surface area contributed by atoms with Crippen LogP contribution in [0.1, 0.15) is 11.3 Å². The second-order valence-corrected chi connectivity index (χ2v) is 4.29. The van der Waals surface area contributed by atoms with Crippen LogP contribution in [0, 0.1) is 17.0 Å². The molecule has 0 amide bonds. The quantitative estimate of drug-likeness (QED) is 0.525. The van der Waals surface area contributed by atoms with Crippen LogP contribution in [0.4, 0.5) is 11.4 Å². The monoisotopic (exact) mass is 266 g/mol. The van der Waals surface area contributed by atoms with Gasteiger partial charge >= 0.3 is 0 Å². The zero-order valence-electron chi connectivity index (χ0n) is 9.63. The number of nitrogens with zero attached hydrogens (tertiary/aromatic N) is 3. The van der Waals surface area contributed by atoms with Gasteiger partial charge in [-0.05, 0) is 18.6 Å². The zero-order chi connectivity index (χ0) is 13.3. The number of halogens is 1. The van der Waals surface area contributed by atoms with Crippen LogP contribution in [0.25, 0.3) is 0 Å². The summed E-state index contributed by atoms with van der Waals surface area (Å²) in [5.41, 5.74) is 7.16. The molecule has 18 heavy (non-hydrogen) atoms. The van der Waals surface area contributed by atoms with Gasteiger partial charge in [0.05, 0.1) is 28.4 Å². The topological polar surface area (TPSA) is 87.0 Å². The molecule has 0 atom stereocenters. The van der Waals surface area contributed by atoms with Crippen molar-refractivity contribution in [3.63, 3.8) is 0 Å². The first-order valence-corrected chi connectivity index (χ1v) is 5.57. The Balaban J connectivity index is 2.33. The molecular weight excluding hydrogens is 256 g/mol. The van der Waals surface area contributed by atoms with E-state index in [2.05, 4.69) is 5.10 Å². The SMILES string of the molecule is Cc1c(Cl)cnn1Cc1ccc(N)c([N+](=O)[O-])c1. The maximum atomic E-state index is 10.8. The van der Waals surface area contributed by atoms with E-state index in [4.69, 9.17) is 17.3 Å². The Hall–Kier alpha value is -2.08. The van der Waals surface area contributed by atoms with Gasteiger partial charge in [-0.15, -0.1) is 0 Å². The smallest absolute Gasteiger partial charge is 0.292 e. The van der Waals surface area contributed by atoms with Crippen molar-refractivity contribution in [2.24, 2.45) is 0 Å². The number of anilines is 1. The number of aromatic nitrogens is 2. The van der Waals surface area contributed by atoms with Crippen LogP contribution < -0.4 is 5.73 Å². The third kappa shape index (κ3) is 2.28. The van der Waals surface area contributed by atoms with E-state index < -0.39 is 4.92 Å². The minimum atomic E-state index is -0.498. The van der Waals surface area contributed by atoms with Gasteiger partial charge in [0.1, 0.15) is 5.69 Å². The molecule has 7 heteroatoms. The molecule has 0 spiro atoms. The Kier molecular flexibility index (Phi) is 3.20. The van der Waals surface area contributed by atoms with Crippen LogP contribution in [-0.4, -0.2) is 14.7 Å². The summed E-state index contributed by atoms with van der Waals surface area (Å²) in [4.78, 5) is 10.3. The lowest BCUT2D eigenvalue weighted by Crippen LogP contribution is -2.05. The van der Waals surface area contributed by atoms with E-state index in [0.717, 1.165) is 11.3 Å². The molecule has 94 valence electrons. The van der Waals surface area contributed by atoms with Crippen molar-refractivity contribution in [2.45, 2.75) is 13.5 Å². The largest absolute Gasteiger partial charge is 0.393 e. The van der Waals surface area contributed by atoms with Crippen LogP contribution >= 0.6 is 11.6 Å². The predicted octanol–water partition coefficient (Wildman–Crippen LogP) is 2.38. The number of benzene rings is 1. The zero-order valence-corrected chi connectivity index (χ0v) is 10.4. The molecule has 0 aliphatic carbocycles. The van der Waals surface area contributed by atoms with Gasteiger partial charge in [-0.2, -0.15) is 5.10 Å². The van der Waals surface area contributed by atoms with Gasteiger partial charge in [0, 0.05) is 6.07 Å². The van der Waals surface area contributed by atoms with E-state index in [0.29, 0.717) is 11.6 Å². The fraction of sp³-hybridized carbons (Fsp3) is 0.182. The fourth-order valence-electron chi connectivity index (χ4n) is 1.60. The lowest BCUT2D eigenvalue weighted by Gasteiger charge is -2.05. The standard InChI is InChI=1S/C11H11ClN4O2/c1-7-9(12)5-14-15(7)6-8-2-3-10(13)11(4-8)16(17)18/h2-5H,6,13H2,1H3. The van der Waals surface area contributed by atoms with Gasteiger partial charge in [0.25, 0.3) is 5.69 Å². The first-order valence-electron chi connectivity index (χ1n) is 5.19. The molecular formula is C11H11ClN4O2. The molecule has 1 heterocycles. The number of nitrogens with two attached hydrogens (primary N) is 1. The molecule has 0 fully saturated rings. The van der Waals surface area contributed by atoms with Crippen LogP contribution in [0.15, 0.2) is 24.4 Å². The average Bonchev–Trinajstić information content (AvgIpc) is 2.63. The summed E-state index contributed by atoms with van der Waals surface area (Å²) in [7, 11) is 0. The normalized spacial score (nSPS) is 10.6. The molecule has 0 radical (unpaired) electrons. The summed E-state index contributed by atoms with van der Waals surface area (Å²) < 4.78 is 1.68. The Morgan fingerprint density at radius 1 is 1.56 bits per heavy atom. The van der Waals surface area contributed by atoms with E-state index in [1.54, 1.807) is 16.9 Å². The van der Waals surface area contributed by atoms with Crippen molar-refractivity contribution in [2.75, 3.05) is 5.73 Å². The second kappa shape index (κ2) is 4.66. The number of hydrogen-bond donors (Lipinski definition) is 1. The van der Waals surface area contributed by atoms with E-state index in [-0.39, 0.29) is 11.4 Å². The van der Waals surface area contributed by atoms with E-state index in [9.17, 15) is 10.1 Å². The summed E-state index contributed by atoms with van der Waals surface area (Å²) in [6.45, 7) is 2.25. The highest BCUT2D eigenvalue weighted by Crippen LogP contribution is 2.23. The van der Waals surface area contributed by atoms with Crippen LogP contribution in [0.5, 0.6) is 0 Å². The summed E-state index contributed by atoms with van der Waals surface area (Å²) in [6.07, 6.45) is 1.54. The molecule has 0 saturated heterocycles. The third-order valence-corrected chi connectivity index (χ3v) is 3.04. The Labute approximate surface area is 108 Å². The second-order valence-electron chi connectivity index (χ2n) is 3.89. The molecule has 2 N–H and O–H groups in total. The summed E-state index contributed by atoms with van der Waals surface area (Å²) in [6, 6.07) is 4.70. The maximum absolute atomic E-state index is 10.8. The minimum absolute atomic E-state index is 0.0941. The van der Waals surface area contributed by atoms with Gasteiger partial charge in [-0.3, -0.25) is 14.8 Å². The van der Waals surface area contributed by atoms with E-state index >= 15 is 0 Å². The number of nitro groups is 1. The molecule has 2 aromatic rings. The van der Waals surface area contributed by atoms with Gasteiger partial charge in [0.2, 0.25) is 0 Å². The van der Waals surface area contributed by atoms with Gasteiger partial charge in [0.15, 0.2) is 0 Å². The average molecular weight is 267 g/mol. The summed E-state index contributed by atoms with van der Waals surface area (Å²) in [5, 5.41) is 15.4. The predicted molar refractivity (Wildman–Crippen MR) is 68.6 cm³/mol. The van der Waals surface area contributed by atoms with Crippen molar-refractivity contribution < 1.29 is 4.92 Å². The van der Waals surface area contributed by atoms with Crippen molar-refractivity contribution in [3.05, 3.63) is 50.8 Å². The highest BCUT2D eigenvalue weighted by atomic mass is 35.5. The fourth-order valence-corrected chi connectivity index (χ4v) is 1.74. The Morgan fingerprint density at radius 3 is 2.83 bits per heavy atom. The molecule has 0 unspecified atom stereocenters. The van der Waals surface area contributed by atoms with E-state index in [1.807, 2.05) is 6.92 Å². The lowest BCUT2D eigenvalue weighted by atomic mass is 10.1. The molecule has 1 aromatic carbocycles. The Morgan fingerprint density at radius 2 is 2.28 bits per heavy atom. The summed E-state index contributed by atoms with van der Waals surface area (Å²) >= 11 is 5.89. The number of hydrogen-bond acceptors (Lipinski definition) is 4. The van der Waals surface area contributed by atoms with Crippen LogP contribution in [0.3, 0.4) is 0 Å². The van der Waals surface area contributed by atoms with Gasteiger partial charge in [-0.25, -0.2) is 0 Å². The van der Waals surface area contributed by atoms with Crippen molar-refractivity contribution in [3.8, 4) is 0 Å². The Bertz CT molecular complexity index is 609. The van der Waals surface area contributed by atoms with Crippen LogP contribution in [-0.2, 0) is 6.54 Å². The molecule has 2 rings (SSSR count). The summed E-state index contributed by atoms with van der Waals surface area (Å²) in [5.74, 6) is 0. The first-order chi connectivity index (χ1) is 8.49. The highest BCUT2D eigenvalue weighted by Gasteiger charge is 2.13.